The average Bonchev–Trinajstić information content (AvgIpc) is 2.63. The van der Waals surface area contributed by atoms with Gasteiger partial charge in [0.05, 0.1) is 6.04 Å². The molecule has 1 atom stereocenters. The summed E-state index contributed by atoms with van der Waals surface area (Å²) < 4.78 is 0. The second-order valence-electron chi connectivity index (χ2n) is 6.94. The molecule has 0 saturated heterocycles. The maximum absolute atomic E-state index is 12.2. The summed E-state index contributed by atoms with van der Waals surface area (Å²) in [5, 5.41) is 5.39. The lowest BCUT2D eigenvalue weighted by Gasteiger charge is -2.25. The normalized spacial score (nSPS) is 11.8. The van der Waals surface area contributed by atoms with E-state index in [4.69, 9.17) is 0 Å². The van der Waals surface area contributed by atoms with Crippen LogP contribution in [-0.4, -0.2) is 51.4 Å². The molecular weight excluding hydrogens is 340 g/mol. The van der Waals surface area contributed by atoms with E-state index in [1.165, 1.54) is 0 Å². The van der Waals surface area contributed by atoms with Crippen LogP contribution in [0, 0.1) is 6.92 Å². The van der Waals surface area contributed by atoms with Crippen LogP contribution in [0.4, 0.5) is 11.4 Å². The van der Waals surface area contributed by atoms with Gasteiger partial charge in [-0.2, -0.15) is 0 Å². The summed E-state index contributed by atoms with van der Waals surface area (Å²) in [6.07, 6.45) is 0. The van der Waals surface area contributed by atoms with Gasteiger partial charge in [-0.25, -0.2) is 0 Å². The zero-order valence-electron chi connectivity index (χ0n) is 16.6. The zero-order valence-corrected chi connectivity index (χ0v) is 16.6. The Hall–Kier alpha value is -2.86. The fourth-order valence-corrected chi connectivity index (χ4v) is 2.76. The van der Waals surface area contributed by atoms with E-state index in [1.807, 2.05) is 87.4 Å². The third-order valence-corrected chi connectivity index (χ3v) is 4.47. The second kappa shape index (κ2) is 9.19. The molecule has 2 N–H and O–H groups in total. The summed E-state index contributed by atoms with van der Waals surface area (Å²) in [4.78, 5) is 28.4. The van der Waals surface area contributed by atoms with Gasteiger partial charge in [-0.3, -0.25) is 9.59 Å². The number of carbonyl (C=O) groups is 2. The SMILES string of the molecule is Cc1ccccc1NC(=O)C(=O)NCC(c1ccc(N(C)C)cc1)N(C)C. The van der Waals surface area contributed by atoms with E-state index in [0.29, 0.717) is 12.2 Å². The molecule has 2 amide bonds. The van der Waals surface area contributed by atoms with Gasteiger partial charge >= 0.3 is 11.8 Å². The number of amides is 2. The van der Waals surface area contributed by atoms with Gasteiger partial charge in [0.1, 0.15) is 0 Å². The summed E-state index contributed by atoms with van der Waals surface area (Å²) in [6, 6.07) is 15.5. The lowest BCUT2D eigenvalue weighted by atomic mass is 10.1. The van der Waals surface area contributed by atoms with E-state index in [-0.39, 0.29) is 6.04 Å². The molecule has 0 aromatic heterocycles. The van der Waals surface area contributed by atoms with Gasteiger partial charge in [-0.05, 0) is 50.3 Å². The largest absolute Gasteiger partial charge is 0.378 e. The van der Waals surface area contributed by atoms with Crippen molar-refractivity contribution in [3.05, 3.63) is 59.7 Å². The Balaban J connectivity index is 1.99. The number of likely N-dealkylation sites (N-methyl/N-ethyl adjacent to an activating group) is 1. The Morgan fingerprint density at radius 3 is 2.11 bits per heavy atom. The molecular formula is C21H28N4O2. The number of carbonyl (C=O) groups excluding carboxylic acids is 2. The van der Waals surface area contributed by atoms with Crippen LogP contribution in [0.3, 0.4) is 0 Å². The number of nitrogens with zero attached hydrogens (tertiary/aromatic N) is 2. The van der Waals surface area contributed by atoms with Crippen LogP contribution in [0.15, 0.2) is 48.5 Å². The number of anilines is 2. The van der Waals surface area contributed by atoms with Gasteiger partial charge in [0, 0.05) is 32.0 Å². The van der Waals surface area contributed by atoms with Crippen molar-refractivity contribution >= 4 is 23.2 Å². The predicted octanol–water partition coefficient (Wildman–Crippen LogP) is 2.42. The molecule has 2 aromatic carbocycles. The fourth-order valence-electron chi connectivity index (χ4n) is 2.76. The summed E-state index contributed by atoms with van der Waals surface area (Å²) in [7, 11) is 7.88. The van der Waals surface area contributed by atoms with Crippen molar-refractivity contribution in [3.8, 4) is 0 Å². The first-order valence-corrected chi connectivity index (χ1v) is 8.88. The smallest absolute Gasteiger partial charge is 0.313 e. The van der Waals surface area contributed by atoms with Crippen LogP contribution in [0.2, 0.25) is 0 Å². The van der Waals surface area contributed by atoms with Crippen molar-refractivity contribution in [2.45, 2.75) is 13.0 Å². The molecule has 0 heterocycles. The maximum Gasteiger partial charge on any atom is 0.313 e. The molecule has 0 radical (unpaired) electrons. The van der Waals surface area contributed by atoms with E-state index < -0.39 is 11.8 Å². The first-order chi connectivity index (χ1) is 12.8. The summed E-state index contributed by atoms with van der Waals surface area (Å²) in [5.74, 6) is -1.31. The van der Waals surface area contributed by atoms with Crippen molar-refractivity contribution in [1.29, 1.82) is 0 Å². The van der Waals surface area contributed by atoms with Crippen molar-refractivity contribution in [3.63, 3.8) is 0 Å². The number of para-hydroxylation sites is 1. The van der Waals surface area contributed by atoms with Crippen molar-refractivity contribution in [2.75, 3.05) is 45.0 Å². The van der Waals surface area contributed by atoms with Gasteiger partial charge in [0.2, 0.25) is 0 Å². The Morgan fingerprint density at radius 2 is 1.56 bits per heavy atom. The molecule has 0 aliphatic heterocycles. The molecule has 1 unspecified atom stereocenters. The highest BCUT2D eigenvalue weighted by molar-refractivity contribution is 6.39. The molecule has 2 rings (SSSR count). The number of aryl methyl sites for hydroxylation is 1. The molecule has 0 aliphatic carbocycles. The van der Waals surface area contributed by atoms with E-state index in [0.717, 1.165) is 16.8 Å². The molecule has 0 aliphatic rings. The Kier molecular flexibility index (Phi) is 6.96. The molecule has 144 valence electrons. The zero-order chi connectivity index (χ0) is 20.0. The van der Waals surface area contributed by atoms with E-state index in [2.05, 4.69) is 10.6 Å². The van der Waals surface area contributed by atoms with E-state index in [9.17, 15) is 9.59 Å². The Bertz CT molecular complexity index is 785. The Morgan fingerprint density at radius 1 is 0.926 bits per heavy atom. The highest BCUT2D eigenvalue weighted by Crippen LogP contribution is 2.21. The minimum atomic E-state index is -0.662. The quantitative estimate of drug-likeness (QED) is 0.769. The number of nitrogens with one attached hydrogen (secondary N) is 2. The molecule has 0 spiro atoms. The van der Waals surface area contributed by atoms with Crippen molar-refractivity contribution in [1.82, 2.24) is 10.2 Å². The summed E-state index contributed by atoms with van der Waals surface area (Å²) in [6.45, 7) is 2.22. The monoisotopic (exact) mass is 368 g/mol. The number of hydrogen-bond acceptors (Lipinski definition) is 4. The van der Waals surface area contributed by atoms with Crippen LogP contribution in [0.1, 0.15) is 17.2 Å². The first kappa shape index (κ1) is 20.5. The van der Waals surface area contributed by atoms with Crippen LogP contribution >= 0.6 is 0 Å². The second-order valence-corrected chi connectivity index (χ2v) is 6.94. The lowest BCUT2D eigenvalue weighted by molar-refractivity contribution is -0.136. The Labute approximate surface area is 161 Å². The molecule has 2 aromatic rings. The van der Waals surface area contributed by atoms with E-state index in [1.54, 1.807) is 6.07 Å². The summed E-state index contributed by atoms with van der Waals surface area (Å²) >= 11 is 0. The van der Waals surface area contributed by atoms with E-state index >= 15 is 0 Å². The number of rotatable bonds is 6. The highest BCUT2D eigenvalue weighted by Gasteiger charge is 2.19. The van der Waals surface area contributed by atoms with Gasteiger partial charge < -0.3 is 20.4 Å². The van der Waals surface area contributed by atoms with Crippen LogP contribution < -0.4 is 15.5 Å². The minimum absolute atomic E-state index is 0.0311. The average molecular weight is 368 g/mol. The standard InChI is InChI=1S/C21H28N4O2/c1-15-8-6-7-9-18(15)23-21(27)20(26)22-14-19(25(4)5)16-10-12-17(13-11-16)24(2)3/h6-13,19H,14H2,1-5H3,(H,22,26)(H,23,27). The molecule has 6 heteroatoms. The number of hydrogen-bond donors (Lipinski definition) is 2. The molecule has 27 heavy (non-hydrogen) atoms. The third-order valence-electron chi connectivity index (χ3n) is 4.47. The molecule has 6 nitrogen and oxygen atoms in total. The summed E-state index contributed by atoms with van der Waals surface area (Å²) in [5.41, 5.74) is 3.73. The van der Waals surface area contributed by atoms with Gasteiger partial charge in [0.15, 0.2) is 0 Å². The topological polar surface area (TPSA) is 64.7 Å². The van der Waals surface area contributed by atoms with Gasteiger partial charge in [0.25, 0.3) is 0 Å². The van der Waals surface area contributed by atoms with Crippen LogP contribution in [0.25, 0.3) is 0 Å². The minimum Gasteiger partial charge on any atom is -0.378 e. The fraction of sp³-hybridized carbons (Fsp3) is 0.333. The van der Waals surface area contributed by atoms with Crippen molar-refractivity contribution in [2.24, 2.45) is 0 Å². The predicted molar refractivity (Wildman–Crippen MR) is 110 cm³/mol. The maximum atomic E-state index is 12.2. The number of benzene rings is 2. The highest BCUT2D eigenvalue weighted by atomic mass is 16.2. The lowest BCUT2D eigenvalue weighted by Crippen LogP contribution is -2.40. The van der Waals surface area contributed by atoms with Crippen molar-refractivity contribution < 1.29 is 9.59 Å². The molecule has 0 bridgehead atoms. The van der Waals surface area contributed by atoms with Crippen LogP contribution in [0.5, 0.6) is 0 Å². The van der Waals surface area contributed by atoms with Gasteiger partial charge in [-0.1, -0.05) is 30.3 Å². The van der Waals surface area contributed by atoms with Gasteiger partial charge in [-0.15, -0.1) is 0 Å². The first-order valence-electron chi connectivity index (χ1n) is 8.88. The third kappa shape index (κ3) is 5.56. The molecule has 0 saturated carbocycles. The van der Waals surface area contributed by atoms with Crippen LogP contribution in [-0.2, 0) is 9.59 Å². The molecule has 0 fully saturated rings.